The molecule has 31 heavy (non-hydrogen) atoms. The van der Waals surface area contributed by atoms with E-state index < -0.39 is 6.04 Å². The molecule has 1 N–H and O–H groups in total. The second kappa shape index (κ2) is 9.70. The lowest BCUT2D eigenvalue weighted by atomic mass is 10.2. The van der Waals surface area contributed by atoms with E-state index in [1.54, 1.807) is 12.1 Å². The van der Waals surface area contributed by atoms with E-state index in [4.69, 9.17) is 9.15 Å². The number of benzene rings is 2. The maximum atomic E-state index is 13.0. The number of furan rings is 1. The predicted molar refractivity (Wildman–Crippen MR) is 115 cm³/mol. The highest BCUT2D eigenvalue weighted by atomic mass is 32.2. The number of rotatable bonds is 7. The van der Waals surface area contributed by atoms with Gasteiger partial charge in [0.2, 0.25) is 5.91 Å². The molecule has 0 spiro atoms. The Balaban J connectivity index is 1.34. The Morgan fingerprint density at radius 2 is 1.87 bits per heavy atom. The molecule has 2 heterocycles. The molecule has 1 aromatic heterocycles. The Hall–Kier alpha value is -3.26. The molecule has 1 saturated heterocycles. The van der Waals surface area contributed by atoms with E-state index in [1.165, 1.54) is 40.9 Å². The number of nitrogens with one attached hydrogen (secondary N) is 1. The molecular formula is C23H21FN2O4S. The second-order valence-corrected chi connectivity index (χ2v) is 8.00. The minimum Gasteiger partial charge on any atom is -0.486 e. The highest BCUT2D eigenvalue weighted by molar-refractivity contribution is 7.99. The van der Waals surface area contributed by atoms with Crippen molar-refractivity contribution in [1.29, 1.82) is 0 Å². The standard InChI is InChI=1S/C23H21FN2O4S/c24-17-6-8-18(9-7-17)29-13-19-10-11-21(30-19)23(28)26-15-31-14-20(26)22(27)25-12-16-4-2-1-3-5-16/h1-11,20H,12-15H2,(H,25,27). The first-order valence-corrected chi connectivity index (χ1v) is 10.9. The van der Waals surface area contributed by atoms with Crippen LogP contribution in [0, 0.1) is 5.82 Å². The third-order valence-corrected chi connectivity index (χ3v) is 5.83. The lowest BCUT2D eigenvalue weighted by molar-refractivity contribution is -0.124. The zero-order valence-electron chi connectivity index (χ0n) is 16.6. The average molecular weight is 440 g/mol. The maximum Gasteiger partial charge on any atom is 0.290 e. The number of amides is 2. The molecule has 160 valence electrons. The monoisotopic (exact) mass is 440 g/mol. The fourth-order valence-corrected chi connectivity index (χ4v) is 4.31. The van der Waals surface area contributed by atoms with Crippen LogP contribution >= 0.6 is 11.8 Å². The van der Waals surface area contributed by atoms with Gasteiger partial charge in [0.05, 0.1) is 5.88 Å². The van der Waals surface area contributed by atoms with Crippen LogP contribution in [0.4, 0.5) is 4.39 Å². The Morgan fingerprint density at radius 1 is 1.10 bits per heavy atom. The molecule has 0 aliphatic carbocycles. The van der Waals surface area contributed by atoms with Gasteiger partial charge in [-0.1, -0.05) is 30.3 Å². The number of ether oxygens (including phenoxy) is 1. The Bertz CT molecular complexity index is 1040. The highest BCUT2D eigenvalue weighted by Crippen LogP contribution is 2.24. The molecule has 1 atom stereocenters. The van der Waals surface area contributed by atoms with Gasteiger partial charge in [-0.3, -0.25) is 9.59 Å². The van der Waals surface area contributed by atoms with Gasteiger partial charge in [0, 0.05) is 12.3 Å². The van der Waals surface area contributed by atoms with E-state index in [1.807, 2.05) is 30.3 Å². The molecule has 0 saturated carbocycles. The van der Waals surface area contributed by atoms with Gasteiger partial charge in [0.15, 0.2) is 5.76 Å². The second-order valence-electron chi connectivity index (χ2n) is 7.00. The van der Waals surface area contributed by atoms with Crippen molar-refractivity contribution in [2.24, 2.45) is 0 Å². The largest absolute Gasteiger partial charge is 0.486 e. The van der Waals surface area contributed by atoms with Crippen LogP contribution < -0.4 is 10.1 Å². The molecule has 0 radical (unpaired) electrons. The summed E-state index contributed by atoms with van der Waals surface area (Å²) >= 11 is 1.53. The highest BCUT2D eigenvalue weighted by Gasteiger charge is 2.36. The molecule has 2 aromatic carbocycles. The average Bonchev–Trinajstić information content (AvgIpc) is 3.47. The number of nitrogens with zero attached hydrogens (tertiary/aromatic N) is 1. The zero-order valence-corrected chi connectivity index (χ0v) is 17.4. The lowest BCUT2D eigenvalue weighted by Gasteiger charge is -2.22. The van der Waals surface area contributed by atoms with E-state index >= 15 is 0 Å². The smallest absolute Gasteiger partial charge is 0.290 e. The van der Waals surface area contributed by atoms with Crippen LogP contribution in [-0.2, 0) is 17.9 Å². The fraction of sp³-hybridized carbons (Fsp3) is 0.217. The molecule has 0 bridgehead atoms. The molecule has 6 nitrogen and oxygen atoms in total. The predicted octanol–water partition coefficient (Wildman–Crippen LogP) is 3.83. The molecule has 1 aliphatic heterocycles. The number of hydrogen-bond donors (Lipinski definition) is 1. The van der Waals surface area contributed by atoms with Crippen molar-refractivity contribution in [3.8, 4) is 5.75 Å². The van der Waals surface area contributed by atoms with Crippen LogP contribution in [0.3, 0.4) is 0 Å². The lowest BCUT2D eigenvalue weighted by Crippen LogP contribution is -2.47. The molecular weight excluding hydrogens is 419 g/mol. The summed E-state index contributed by atoms with van der Waals surface area (Å²) in [5, 5.41) is 2.90. The van der Waals surface area contributed by atoms with Crippen molar-refractivity contribution in [3.63, 3.8) is 0 Å². The van der Waals surface area contributed by atoms with Crippen molar-refractivity contribution in [1.82, 2.24) is 10.2 Å². The van der Waals surface area contributed by atoms with Crippen LogP contribution in [0.15, 0.2) is 71.1 Å². The van der Waals surface area contributed by atoms with Crippen molar-refractivity contribution < 1.29 is 23.1 Å². The summed E-state index contributed by atoms with van der Waals surface area (Å²) in [5.74, 6) is 1.20. The molecule has 1 fully saturated rings. The third kappa shape index (κ3) is 5.27. The molecule has 1 unspecified atom stereocenters. The van der Waals surface area contributed by atoms with Gasteiger partial charge in [-0.05, 0) is 42.0 Å². The van der Waals surface area contributed by atoms with Gasteiger partial charge in [0.1, 0.15) is 30.0 Å². The van der Waals surface area contributed by atoms with Gasteiger partial charge < -0.3 is 19.4 Å². The summed E-state index contributed by atoms with van der Waals surface area (Å²) < 4.78 is 24.1. The van der Waals surface area contributed by atoms with Crippen LogP contribution in [0.25, 0.3) is 0 Å². The summed E-state index contributed by atoms with van der Waals surface area (Å²) in [5.41, 5.74) is 0.996. The van der Waals surface area contributed by atoms with Crippen LogP contribution in [0.5, 0.6) is 5.75 Å². The Kier molecular flexibility index (Phi) is 6.57. The normalized spacial score (nSPS) is 15.6. The number of hydrogen-bond acceptors (Lipinski definition) is 5. The SMILES string of the molecule is O=C(NCc1ccccc1)C1CSCN1C(=O)c1ccc(COc2ccc(F)cc2)o1. The van der Waals surface area contributed by atoms with E-state index in [9.17, 15) is 14.0 Å². The molecule has 2 amide bonds. The minimum atomic E-state index is -0.551. The first-order valence-electron chi connectivity index (χ1n) is 9.77. The summed E-state index contributed by atoms with van der Waals surface area (Å²) in [7, 11) is 0. The maximum absolute atomic E-state index is 13.0. The Morgan fingerprint density at radius 3 is 2.65 bits per heavy atom. The van der Waals surface area contributed by atoms with E-state index in [0.29, 0.717) is 29.7 Å². The number of thioether (sulfide) groups is 1. The van der Waals surface area contributed by atoms with E-state index in [-0.39, 0.29) is 30.0 Å². The summed E-state index contributed by atoms with van der Waals surface area (Å²) in [6.45, 7) is 0.517. The molecule has 3 aromatic rings. The molecule has 8 heteroatoms. The van der Waals surface area contributed by atoms with E-state index in [2.05, 4.69) is 5.32 Å². The van der Waals surface area contributed by atoms with Crippen LogP contribution in [-0.4, -0.2) is 34.4 Å². The number of carbonyl (C=O) groups is 2. The van der Waals surface area contributed by atoms with Crippen molar-refractivity contribution in [2.75, 3.05) is 11.6 Å². The first kappa shape index (κ1) is 21.0. The number of carbonyl (C=O) groups excluding carboxylic acids is 2. The van der Waals surface area contributed by atoms with Gasteiger partial charge in [-0.15, -0.1) is 11.8 Å². The first-order chi connectivity index (χ1) is 15.1. The minimum absolute atomic E-state index is 0.106. The van der Waals surface area contributed by atoms with Gasteiger partial charge in [-0.2, -0.15) is 0 Å². The molecule has 1 aliphatic rings. The van der Waals surface area contributed by atoms with Crippen LogP contribution in [0.1, 0.15) is 21.9 Å². The molecule has 4 rings (SSSR count). The third-order valence-electron chi connectivity index (χ3n) is 4.82. The van der Waals surface area contributed by atoms with Crippen molar-refractivity contribution >= 4 is 23.6 Å². The van der Waals surface area contributed by atoms with E-state index in [0.717, 1.165) is 5.56 Å². The topological polar surface area (TPSA) is 71.8 Å². The quantitative estimate of drug-likeness (QED) is 0.605. The van der Waals surface area contributed by atoms with Crippen LogP contribution in [0.2, 0.25) is 0 Å². The summed E-state index contributed by atoms with van der Waals surface area (Å²) in [6.07, 6.45) is 0. The van der Waals surface area contributed by atoms with Crippen molar-refractivity contribution in [2.45, 2.75) is 19.2 Å². The van der Waals surface area contributed by atoms with Gasteiger partial charge in [0.25, 0.3) is 5.91 Å². The zero-order chi connectivity index (χ0) is 21.6. The van der Waals surface area contributed by atoms with Crippen molar-refractivity contribution in [3.05, 3.63) is 89.6 Å². The fourth-order valence-electron chi connectivity index (χ4n) is 3.16. The van der Waals surface area contributed by atoms with Gasteiger partial charge in [-0.25, -0.2) is 4.39 Å². The van der Waals surface area contributed by atoms with Gasteiger partial charge >= 0.3 is 0 Å². The Labute approximate surface area is 183 Å². The summed E-state index contributed by atoms with van der Waals surface area (Å²) in [6, 6.07) is 17.9. The summed E-state index contributed by atoms with van der Waals surface area (Å²) in [4.78, 5) is 27.1. The number of halogens is 1.